The molecule has 2 N–H and O–H groups in total. The van der Waals surface area contributed by atoms with Crippen molar-refractivity contribution in [1.82, 2.24) is 5.32 Å². The van der Waals surface area contributed by atoms with Crippen molar-refractivity contribution in [1.29, 1.82) is 0 Å². The summed E-state index contributed by atoms with van der Waals surface area (Å²) in [6, 6.07) is 12.8. The van der Waals surface area contributed by atoms with Crippen LogP contribution in [0.1, 0.15) is 5.56 Å². The Bertz CT molecular complexity index is 720. The quantitative estimate of drug-likeness (QED) is 0.408. The molecule has 0 saturated heterocycles. The number of phenolic OH excluding ortho intramolecular Hbond substituents is 1. The molecule has 0 bridgehead atoms. The summed E-state index contributed by atoms with van der Waals surface area (Å²) in [5, 5.41) is 22.9. The minimum Gasteiger partial charge on any atom is -0.508 e. The van der Waals surface area contributed by atoms with Crippen molar-refractivity contribution in [2.45, 2.75) is 6.54 Å². The van der Waals surface area contributed by atoms with Gasteiger partial charge in [0.05, 0.1) is 11.5 Å². The summed E-state index contributed by atoms with van der Waals surface area (Å²) in [5.74, 6) is 0.199. The van der Waals surface area contributed by atoms with Crippen LogP contribution in [0.25, 0.3) is 0 Å². The first-order chi connectivity index (χ1) is 12.1. The number of non-ortho nitro benzene ring substituents is 1. The lowest BCUT2D eigenvalue weighted by atomic mass is 10.2. The summed E-state index contributed by atoms with van der Waals surface area (Å²) in [5.41, 5.74) is 0.103. The van der Waals surface area contributed by atoms with Gasteiger partial charge in [-0.05, 0) is 18.2 Å². The molecule has 0 radical (unpaired) electrons. The van der Waals surface area contributed by atoms with Crippen LogP contribution in [-0.2, 0) is 16.1 Å². The van der Waals surface area contributed by atoms with Crippen molar-refractivity contribution in [3.63, 3.8) is 0 Å². The Hall–Kier alpha value is -3.13. The largest absolute Gasteiger partial charge is 0.508 e. The number of nitro benzene ring substituents is 1. The van der Waals surface area contributed by atoms with Gasteiger partial charge in [-0.3, -0.25) is 14.9 Å². The van der Waals surface area contributed by atoms with E-state index in [1.54, 1.807) is 0 Å². The number of nitro groups is 1. The van der Waals surface area contributed by atoms with E-state index in [1.807, 2.05) is 30.3 Å². The van der Waals surface area contributed by atoms with E-state index in [4.69, 9.17) is 9.47 Å². The smallest absolute Gasteiger partial charge is 0.270 e. The van der Waals surface area contributed by atoms with Gasteiger partial charge in [0.25, 0.3) is 5.69 Å². The van der Waals surface area contributed by atoms with Crippen molar-refractivity contribution in [2.24, 2.45) is 0 Å². The lowest BCUT2D eigenvalue weighted by molar-refractivity contribution is -0.384. The zero-order chi connectivity index (χ0) is 18.1. The summed E-state index contributed by atoms with van der Waals surface area (Å²) in [6.07, 6.45) is 0. The third-order valence-corrected chi connectivity index (χ3v) is 3.22. The first-order valence-corrected chi connectivity index (χ1v) is 7.55. The Morgan fingerprint density at radius 1 is 1.16 bits per heavy atom. The highest BCUT2D eigenvalue weighted by Gasteiger charge is 2.11. The molecule has 0 aliphatic carbocycles. The van der Waals surface area contributed by atoms with Crippen molar-refractivity contribution in [2.75, 3.05) is 19.8 Å². The van der Waals surface area contributed by atoms with Gasteiger partial charge in [-0.1, -0.05) is 18.2 Å². The number of carbonyl (C=O) groups excluding carboxylic acids is 1. The summed E-state index contributed by atoms with van der Waals surface area (Å²) < 4.78 is 10.6. The van der Waals surface area contributed by atoms with Crippen LogP contribution < -0.4 is 10.1 Å². The molecular weight excluding hydrogens is 328 g/mol. The molecule has 1 amide bonds. The molecule has 8 heteroatoms. The molecule has 25 heavy (non-hydrogen) atoms. The highest BCUT2D eigenvalue weighted by atomic mass is 16.6. The molecule has 0 aromatic heterocycles. The molecule has 0 aliphatic heterocycles. The average molecular weight is 346 g/mol. The highest BCUT2D eigenvalue weighted by Crippen LogP contribution is 2.22. The van der Waals surface area contributed by atoms with E-state index in [0.29, 0.717) is 6.61 Å². The molecule has 2 aromatic carbocycles. The fraction of sp³-hybridized carbons (Fsp3) is 0.235. The number of para-hydroxylation sites is 1. The molecule has 0 saturated carbocycles. The number of ether oxygens (including phenoxy) is 2. The van der Waals surface area contributed by atoms with E-state index in [0.717, 1.165) is 5.75 Å². The lowest BCUT2D eigenvalue weighted by Gasteiger charge is -2.09. The molecule has 0 spiro atoms. The minimum absolute atomic E-state index is 0.0315. The number of phenols is 1. The molecule has 0 aliphatic rings. The maximum atomic E-state index is 11.7. The number of hydrogen-bond acceptors (Lipinski definition) is 6. The molecule has 132 valence electrons. The summed E-state index contributed by atoms with van der Waals surface area (Å²) >= 11 is 0. The molecule has 0 heterocycles. The van der Waals surface area contributed by atoms with Gasteiger partial charge in [0.2, 0.25) is 5.91 Å². The van der Waals surface area contributed by atoms with Gasteiger partial charge >= 0.3 is 0 Å². The van der Waals surface area contributed by atoms with E-state index in [2.05, 4.69) is 5.32 Å². The topological polar surface area (TPSA) is 111 Å². The Morgan fingerprint density at radius 3 is 2.64 bits per heavy atom. The number of benzene rings is 2. The van der Waals surface area contributed by atoms with E-state index >= 15 is 0 Å². The van der Waals surface area contributed by atoms with Crippen LogP contribution in [0.2, 0.25) is 0 Å². The number of nitrogens with zero attached hydrogens (tertiary/aromatic N) is 1. The Morgan fingerprint density at radius 2 is 1.92 bits per heavy atom. The van der Waals surface area contributed by atoms with Gasteiger partial charge in [0.15, 0.2) is 0 Å². The predicted octanol–water partition coefficient (Wildman–Crippen LogP) is 2.01. The fourth-order valence-electron chi connectivity index (χ4n) is 1.97. The number of carbonyl (C=O) groups is 1. The Labute approximate surface area is 144 Å². The van der Waals surface area contributed by atoms with Crippen molar-refractivity contribution in [3.8, 4) is 11.5 Å². The van der Waals surface area contributed by atoms with E-state index in [-0.39, 0.29) is 36.8 Å². The summed E-state index contributed by atoms with van der Waals surface area (Å²) in [6.45, 7) is 0.345. The van der Waals surface area contributed by atoms with Crippen LogP contribution in [0, 0.1) is 10.1 Å². The van der Waals surface area contributed by atoms with Crippen LogP contribution in [-0.4, -0.2) is 35.8 Å². The molecular formula is C17H18N2O6. The maximum absolute atomic E-state index is 11.7. The molecule has 8 nitrogen and oxygen atoms in total. The highest BCUT2D eigenvalue weighted by molar-refractivity contribution is 5.77. The number of nitrogens with one attached hydrogen (secondary N) is 1. The first-order valence-electron chi connectivity index (χ1n) is 7.55. The molecule has 0 unspecified atom stereocenters. The molecule has 2 aromatic rings. The van der Waals surface area contributed by atoms with Crippen molar-refractivity contribution < 1.29 is 24.3 Å². The second-order valence-corrected chi connectivity index (χ2v) is 5.06. The van der Waals surface area contributed by atoms with Crippen LogP contribution in [0.3, 0.4) is 0 Å². The van der Waals surface area contributed by atoms with Gasteiger partial charge < -0.3 is 19.9 Å². The van der Waals surface area contributed by atoms with Crippen LogP contribution >= 0.6 is 0 Å². The van der Waals surface area contributed by atoms with E-state index in [1.165, 1.54) is 18.2 Å². The van der Waals surface area contributed by atoms with Crippen molar-refractivity contribution in [3.05, 3.63) is 64.2 Å². The lowest BCUT2D eigenvalue weighted by Crippen LogP contribution is -2.28. The van der Waals surface area contributed by atoms with Gasteiger partial charge in [0, 0.05) is 24.2 Å². The second kappa shape index (κ2) is 9.24. The third-order valence-electron chi connectivity index (χ3n) is 3.22. The van der Waals surface area contributed by atoms with Gasteiger partial charge in [-0.15, -0.1) is 0 Å². The fourth-order valence-corrected chi connectivity index (χ4v) is 1.97. The van der Waals surface area contributed by atoms with Crippen LogP contribution in [0.4, 0.5) is 5.69 Å². The third kappa shape index (κ3) is 6.11. The summed E-state index contributed by atoms with van der Waals surface area (Å²) in [7, 11) is 0. The predicted molar refractivity (Wildman–Crippen MR) is 89.4 cm³/mol. The first kappa shape index (κ1) is 18.2. The second-order valence-electron chi connectivity index (χ2n) is 5.06. The minimum atomic E-state index is -0.569. The van der Waals surface area contributed by atoms with Gasteiger partial charge in [0.1, 0.15) is 24.7 Å². The normalized spacial score (nSPS) is 10.2. The van der Waals surface area contributed by atoms with E-state index < -0.39 is 10.8 Å². The Kier molecular flexibility index (Phi) is 6.73. The number of amides is 1. The van der Waals surface area contributed by atoms with Crippen molar-refractivity contribution >= 4 is 11.6 Å². The zero-order valence-electron chi connectivity index (χ0n) is 13.4. The Balaban J connectivity index is 1.67. The maximum Gasteiger partial charge on any atom is 0.270 e. The van der Waals surface area contributed by atoms with Crippen LogP contribution in [0.15, 0.2) is 48.5 Å². The van der Waals surface area contributed by atoms with Crippen LogP contribution in [0.5, 0.6) is 11.5 Å². The molecule has 2 rings (SSSR count). The van der Waals surface area contributed by atoms with Gasteiger partial charge in [-0.25, -0.2) is 0 Å². The average Bonchev–Trinajstić information content (AvgIpc) is 2.61. The molecule has 0 atom stereocenters. The SMILES string of the molecule is O=C(COCCOc1ccccc1)NCc1cc([N+](=O)[O-])ccc1O. The zero-order valence-corrected chi connectivity index (χ0v) is 13.4. The number of aromatic hydroxyl groups is 1. The number of rotatable bonds is 9. The standard InChI is InChI=1S/C17H18N2O6/c20-16-7-6-14(19(22)23)10-13(16)11-18-17(21)12-24-8-9-25-15-4-2-1-3-5-15/h1-7,10,20H,8-9,11-12H2,(H,18,21). The monoisotopic (exact) mass is 346 g/mol. The summed E-state index contributed by atoms with van der Waals surface area (Å²) in [4.78, 5) is 21.8. The number of hydrogen-bond donors (Lipinski definition) is 2. The van der Waals surface area contributed by atoms with Gasteiger partial charge in [-0.2, -0.15) is 0 Å². The molecule has 0 fully saturated rings. The van der Waals surface area contributed by atoms with E-state index in [9.17, 15) is 20.0 Å².